The lowest BCUT2D eigenvalue weighted by Gasteiger charge is -2.44. The molecule has 2 heterocycles. The Morgan fingerprint density at radius 1 is 0.926 bits per heavy atom. The topological polar surface area (TPSA) is 60.9 Å². The SMILES string of the molecule is Cc1cc(CN2CCN(Cc3ccccc3)[C@@H]3CS(=O)(=O)C[C@@H]32)ccc1O. The number of rotatable bonds is 4. The van der Waals surface area contributed by atoms with Crippen molar-refractivity contribution in [3.8, 4) is 5.75 Å². The maximum absolute atomic E-state index is 12.4. The number of piperazine rings is 1. The van der Waals surface area contributed by atoms with Crippen LogP contribution in [0, 0.1) is 6.92 Å². The molecule has 0 aliphatic carbocycles. The summed E-state index contributed by atoms with van der Waals surface area (Å²) in [6, 6.07) is 16.0. The van der Waals surface area contributed by atoms with E-state index in [1.807, 2.05) is 37.3 Å². The van der Waals surface area contributed by atoms with Crippen molar-refractivity contribution in [1.82, 2.24) is 9.80 Å². The van der Waals surface area contributed by atoms with Crippen molar-refractivity contribution in [2.24, 2.45) is 0 Å². The number of aryl methyl sites for hydroxylation is 1. The first kappa shape index (κ1) is 18.5. The summed E-state index contributed by atoms with van der Waals surface area (Å²) in [5.41, 5.74) is 3.19. The molecule has 2 aliphatic heterocycles. The van der Waals surface area contributed by atoms with E-state index in [1.54, 1.807) is 6.07 Å². The van der Waals surface area contributed by atoms with Crippen LogP contribution >= 0.6 is 0 Å². The molecule has 0 unspecified atom stereocenters. The van der Waals surface area contributed by atoms with Gasteiger partial charge in [-0.05, 0) is 29.7 Å². The Bertz CT molecular complexity index is 914. The molecule has 0 radical (unpaired) electrons. The molecule has 0 spiro atoms. The predicted molar refractivity (Wildman–Crippen MR) is 106 cm³/mol. The third-order valence-electron chi connectivity index (χ3n) is 5.78. The van der Waals surface area contributed by atoms with E-state index in [0.717, 1.165) is 37.3 Å². The van der Waals surface area contributed by atoms with Gasteiger partial charge in [-0.2, -0.15) is 0 Å². The Kier molecular flexibility index (Phi) is 4.97. The smallest absolute Gasteiger partial charge is 0.153 e. The summed E-state index contributed by atoms with van der Waals surface area (Å²) in [5, 5.41) is 9.74. The highest BCUT2D eigenvalue weighted by molar-refractivity contribution is 7.91. The fraction of sp³-hybridized carbons (Fsp3) is 0.429. The van der Waals surface area contributed by atoms with Gasteiger partial charge in [-0.1, -0.05) is 42.5 Å². The summed E-state index contributed by atoms with van der Waals surface area (Å²) < 4.78 is 24.8. The van der Waals surface area contributed by atoms with Crippen molar-refractivity contribution in [2.45, 2.75) is 32.1 Å². The van der Waals surface area contributed by atoms with Crippen LogP contribution in [0.2, 0.25) is 0 Å². The highest BCUT2D eigenvalue weighted by Gasteiger charge is 2.46. The molecule has 4 rings (SSSR count). The Morgan fingerprint density at radius 3 is 2.11 bits per heavy atom. The maximum Gasteiger partial charge on any atom is 0.153 e. The van der Waals surface area contributed by atoms with E-state index in [2.05, 4.69) is 21.9 Å². The molecule has 27 heavy (non-hydrogen) atoms. The van der Waals surface area contributed by atoms with Crippen LogP contribution in [0.25, 0.3) is 0 Å². The molecule has 6 heteroatoms. The number of hydrogen-bond acceptors (Lipinski definition) is 5. The number of benzene rings is 2. The third-order valence-corrected chi connectivity index (χ3v) is 7.48. The van der Waals surface area contributed by atoms with Crippen molar-refractivity contribution in [3.63, 3.8) is 0 Å². The number of nitrogens with zero attached hydrogens (tertiary/aromatic N) is 2. The first-order valence-electron chi connectivity index (χ1n) is 9.42. The van der Waals surface area contributed by atoms with Gasteiger partial charge in [0.25, 0.3) is 0 Å². The minimum atomic E-state index is -3.02. The van der Waals surface area contributed by atoms with Crippen LogP contribution in [-0.2, 0) is 22.9 Å². The highest BCUT2D eigenvalue weighted by Crippen LogP contribution is 2.30. The Hall–Kier alpha value is -1.89. The second kappa shape index (κ2) is 7.26. The van der Waals surface area contributed by atoms with E-state index in [4.69, 9.17) is 0 Å². The molecule has 2 saturated heterocycles. The van der Waals surface area contributed by atoms with Crippen molar-refractivity contribution in [1.29, 1.82) is 0 Å². The van der Waals surface area contributed by atoms with E-state index < -0.39 is 9.84 Å². The first-order valence-corrected chi connectivity index (χ1v) is 11.2. The molecule has 0 amide bonds. The number of phenols is 1. The van der Waals surface area contributed by atoms with Crippen LogP contribution in [0.3, 0.4) is 0 Å². The molecule has 1 N–H and O–H groups in total. The summed E-state index contributed by atoms with van der Waals surface area (Å²) in [7, 11) is -3.02. The van der Waals surface area contributed by atoms with Gasteiger partial charge in [-0.25, -0.2) is 8.42 Å². The fourth-order valence-electron chi connectivity index (χ4n) is 4.36. The summed E-state index contributed by atoms with van der Waals surface area (Å²) in [5.74, 6) is 0.781. The minimum absolute atomic E-state index is 0.0292. The van der Waals surface area contributed by atoms with E-state index >= 15 is 0 Å². The molecular formula is C21H26N2O3S. The monoisotopic (exact) mass is 386 g/mol. The predicted octanol–water partition coefficient (Wildman–Crippen LogP) is 2.18. The van der Waals surface area contributed by atoms with Crippen molar-refractivity contribution in [3.05, 3.63) is 65.2 Å². The number of sulfone groups is 1. The van der Waals surface area contributed by atoms with Crippen LogP contribution in [0.1, 0.15) is 16.7 Å². The van der Waals surface area contributed by atoms with Crippen LogP contribution in [-0.4, -0.2) is 60.0 Å². The first-order chi connectivity index (χ1) is 12.9. The molecule has 2 fully saturated rings. The van der Waals surface area contributed by atoms with E-state index in [9.17, 15) is 13.5 Å². The number of phenolic OH excluding ortho intramolecular Hbond substituents is 1. The average Bonchev–Trinajstić information content (AvgIpc) is 2.97. The van der Waals surface area contributed by atoms with Crippen molar-refractivity contribution in [2.75, 3.05) is 24.6 Å². The molecule has 2 aromatic rings. The Morgan fingerprint density at radius 2 is 1.52 bits per heavy atom. The second-order valence-electron chi connectivity index (χ2n) is 7.76. The third kappa shape index (κ3) is 4.03. The van der Waals surface area contributed by atoms with Gasteiger partial charge in [0.2, 0.25) is 0 Å². The Balaban J connectivity index is 1.53. The zero-order chi connectivity index (χ0) is 19.0. The molecule has 5 nitrogen and oxygen atoms in total. The Labute approximate surface area is 161 Å². The highest BCUT2D eigenvalue weighted by atomic mass is 32.2. The molecular weight excluding hydrogens is 360 g/mol. The number of aromatic hydroxyl groups is 1. The number of fused-ring (bicyclic) bond motifs is 1. The quantitative estimate of drug-likeness (QED) is 0.873. The fourth-order valence-corrected chi connectivity index (χ4v) is 6.40. The summed E-state index contributed by atoms with van der Waals surface area (Å²) in [6.45, 7) is 5.12. The van der Waals surface area contributed by atoms with Crippen molar-refractivity contribution < 1.29 is 13.5 Å². The minimum Gasteiger partial charge on any atom is -0.508 e. The van der Waals surface area contributed by atoms with Crippen LogP contribution < -0.4 is 0 Å². The van der Waals surface area contributed by atoms with E-state index in [-0.39, 0.29) is 23.6 Å². The van der Waals surface area contributed by atoms with E-state index in [0.29, 0.717) is 5.75 Å². The van der Waals surface area contributed by atoms with Gasteiger partial charge in [0.05, 0.1) is 11.5 Å². The van der Waals surface area contributed by atoms with E-state index in [1.165, 1.54) is 5.56 Å². The largest absolute Gasteiger partial charge is 0.508 e. The molecule has 0 bridgehead atoms. The zero-order valence-electron chi connectivity index (χ0n) is 15.6. The molecule has 2 aromatic carbocycles. The van der Waals surface area contributed by atoms with Gasteiger partial charge >= 0.3 is 0 Å². The summed E-state index contributed by atoms with van der Waals surface area (Å²) in [4.78, 5) is 4.64. The normalized spacial score (nSPS) is 25.4. The lowest BCUT2D eigenvalue weighted by Crippen LogP contribution is -2.58. The standard InChI is InChI=1S/C21H26N2O3S/c1-16-11-18(7-8-21(16)24)13-23-10-9-22(12-17-5-3-2-4-6-17)19-14-27(25,26)15-20(19)23/h2-8,11,19-20,24H,9-10,12-15H2,1H3/t19-,20+/m1/s1. The molecule has 2 atom stereocenters. The molecule has 0 saturated carbocycles. The number of hydrogen-bond donors (Lipinski definition) is 1. The lowest BCUT2D eigenvalue weighted by atomic mass is 10.0. The maximum atomic E-state index is 12.4. The van der Waals surface area contributed by atoms with Crippen LogP contribution in [0.5, 0.6) is 5.75 Å². The molecule has 144 valence electrons. The summed E-state index contributed by atoms with van der Waals surface area (Å²) in [6.07, 6.45) is 0. The molecule has 0 aromatic heterocycles. The van der Waals surface area contributed by atoms with Gasteiger partial charge < -0.3 is 5.11 Å². The second-order valence-corrected chi connectivity index (χ2v) is 9.91. The zero-order valence-corrected chi connectivity index (χ0v) is 16.4. The average molecular weight is 387 g/mol. The van der Waals surface area contributed by atoms with Crippen molar-refractivity contribution >= 4 is 9.84 Å². The van der Waals surface area contributed by atoms with Crippen LogP contribution in [0.4, 0.5) is 0 Å². The van der Waals surface area contributed by atoms with Gasteiger partial charge in [0, 0.05) is 38.3 Å². The molecule has 2 aliphatic rings. The van der Waals surface area contributed by atoms with Gasteiger partial charge in [-0.15, -0.1) is 0 Å². The van der Waals surface area contributed by atoms with Gasteiger partial charge in [0.1, 0.15) is 5.75 Å². The van der Waals surface area contributed by atoms with Gasteiger partial charge in [-0.3, -0.25) is 9.80 Å². The van der Waals surface area contributed by atoms with Crippen LogP contribution in [0.15, 0.2) is 48.5 Å². The summed E-state index contributed by atoms with van der Waals surface area (Å²) >= 11 is 0. The van der Waals surface area contributed by atoms with Gasteiger partial charge in [0.15, 0.2) is 9.84 Å². The lowest BCUT2D eigenvalue weighted by molar-refractivity contribution is 0.0355.